The van der Waals surface area contributed by atoms with Crippen LogP contribution in [0.2, 0.25) is 0 Å². The van der Waals surface area contributed by atoms with Gasteiger partial charge in [-0.05, 0) is 97.4 Å². The number of benzene rings is 5. The fourth-order valence-corrected chi connectivity index (χ4v) is 9.34. The van der Waals surface area contributed by atoms with E-state index < -0.39 is 0 Å². The van der Waals surface area contributed by atoms with Gasteiger partial charge in [-0.15, -0.1) is 0 Å². The number of quaternary nitrogens is 2. The van der Waals surface area contributed by atoms with Crippen LogP contribution in [0.1, 0.15) is 132 Å². The first-order valence-corrected chi connectivity index (χ1v) is 22.1. The summed E-state index contributed by atoms with van der Waals surface area (Å²) in [5.41, 5.74) is 13.8. The topological polar surface area (TPSA) is 27.1 Å². The highest BCUT2D eigenvalue weighted by molar-refractivity contribution is 6.10. The van der Waals surface area contributed by atoms with Crippen LogP contribution in [-0.4, -0.2) is 9.55 Å². The summed E-state index contributed by atoms with van der Waals surface area (Å²) in [6.07, 6.45) is 1.95. The first-order chi connectivity index (χ1) is 28.3. The second kappa shape index (κ2) is 13.1. The smallest absolute Gasteiger partial charge is 0.225 e. The quantitative estimate of drug-likeness (QED) is 0.0984. The molecule has 0 radical (unpaired) electrons. The second-order valence-electron chi connectivity index (χ2n) is 23.0. The predicted molar refractivity (Wildman–Crippen MR) is 259 cm³/mol. The van der Waals surface area contributed by atoms with Crippen LogP contribution in [0.4, 0.5) is 22.7 Å². The second-order valence-corrected chi connectivity index (χ2v) is 23.0. The van der Waals surface area contributed by atoms with Crippen LogP contribution in [0.3, 0.4) is 0 Å². The first kappa shape index (κ1) is 41.1. The highest BCUT2D eigenvalue weighted by atomic mass is 16.5. The summed E-state index contributed by atoms with van der Waals surface area (Å²) in [6.45, 7) is 36.8. The van der Waals surface area contributed by atoms with E-state index >= 15 is 0 Å². The fraction of sp³-hybridized carbons (Fsp3) is 0.357. The lowest BCUT2D eigenvalue weighted by molar-refractivity contribution is 0.419. The number of ether oxygens (including phenoxy) is 1. The molecule has 0 bridgehead atoms. The Morgan fingerprint density at radius 3 is 1.70 bits per heavy atom. The third kappa shape index (κ3) is 6.53. The number of hydrogen-bond acceptors (Lipinski definition) is 2. The van der Waals surface area contributed by atoms with E-state index in [1.807, 2.05) is 6.20 Å². The molecule has 5 nitrogen and oxygen atoms in total. The van der Waals surface area contributed by atoms with Gasteiger partial charge in [-0.1, -0.05) is 128 Å². The molecular formula is C56H65N4O+. The van der Waals surface area contributed by atoms with Crippen molar-refractivity contribution in [3.8, 4) is 17.3 Å². The van der Waals surface area contributed by atoms with Gasteiger partial charge < -0.3 is 4.74 Å². The molecule has 4 heterocycles. The Hall–Kier alpha value is -5.23. The van der Waals surface area contributed by atoms with Crippen molar-refractivity contribution in [1.29, 1.82) is 0 Å². The number of hydrogen-bond donors (Lipinski definition) is 0. The summed E-state index contributed by atoms with van der Waals surface area (Å²) in [5, 5.41) is 2.40. The zero-order valence-electron chi connectivity index (χ0n) is 39.2. The molecule has 61 heavy (non-hydrogen) atoms. The minimum atomic E-state index is -0.115. The maximum Gasteiger partial charge on any atom is 0.225 e. The van der Waals surface area contributed by atoms with E-state index in [1.165, 1.54) is 61.3 Å². The number of rotatable bonds is 5. The van der Waals surface area contributed by atoms with Crippen LogP contribution in [0.25, 0.3) is 27.6 Å². The summed E-state index contributed by atoms with van der Waals surface area (Å²) in [4.78, 5) is 4.98. The van der Waals surface area contributed by atoms with Gasteiger partial charge in [0.25, 0.3) is 0 Å². The van der Waals surface area contributed by atoms with Gasteiger partial charge in [-0.2, -0.15) is 9.18 Å². The number of pyridine rings is 1. The van der Waals surface area contributed by atoms with Gasteiger partial charge in [0.1, 0.15) is 17.3 Å². The summed E-state index contributed by atoms with van der Waals surface area (Å²) in [6, 6.07) is 41.2. The number of fused-ring (bicyclic) bond motifs is 7. The lowest BCUT2D eigenvalue weighted by Crippen LogP contribution is -2.47. The Kier molecular flexibility index (Phi) is 8.86. The van der Waals surface area contributed by atoms with E-state index in [2.05, 4.69) is 224 Å². The molecule has 2 aliphatic rings. The largest absolute Gasteiger partial charge is 0.457 e. The van der Waals surface area contributed by atoms with Gasteiger partial charge >= 0.3 is 0 Å². The Bertz CT molecular complexity index is 2900. The summed E-state index contributed by atoms with van der Waals surface area (Å²) < 4.78 is 10.7. The molecule has 5 aromatic carbocycles. The molecular weight excluding hydrogens is 745 g/mol. The van der Waals surface area contributed by atoms with E-state index in [1.54, 1.807) is 0 Å². The van der Waals surface area contributed by atoms with Crippen molar-refractivity contribution in [3.05, 3.63) is 150 Å². The summed E-state index contributed by atoms with van der Waals surface area (Å²) >= 11 is 0. The molecule has 7 aromatic rings. The lowest BCUT2D eigenvalue weighted by atomic mass is 9.85. The molecule has 1 unspecified atom stereocenters. The SMILES string of the molecule is CC(C)(C)c1cc(Oc2ccc3c4cc(C(C)(C)C)ccc4n(-c4cc(C(C)(C)C)ccn4)c3c2)cc([N+]23[CH-][N@+]2(c2cccc(C(C)(C)C)c2)c2ccc(C(C)(C)C)cc23)c1. The standard InChI is InChI=1S/C56H65N4O/c1-52(2,3)36-17-16-18-41(27-36)59-35-60(59,50-31-38(54(7,8)9)20-24-49(50)59)42-28-40(56(13,14)15)29-44(33-42)61-43-21-22-45-46-30-37(53(4,5)6)19-23-47(46)58(48(45)34-43)51-32-39(25-26-57-51)55(10,11)12/h16-35H,1-15H3/q+1/t59-,60?/m0/s1. The third-order valence-corrected chi connectivity index (χ3v) is 13.3. The Morgan fingerprint density at radius 2 is 1.03 bits per heavy atom. The van der Waals surface area contributed by atoms with Crippen molar-refractivity contribution in [3.63, 3.8) is 0 Å². The van der Waals surface area contributed by atoms with Crippen molar-refractivity contribution in [1.82, 2.24) is 18.7 Å². The van der Waals surface area contributed by atoms with Gasteiger partial charge in [0.2, 0.25) is 11.4 Å². The van der Waals surface area contributed by atoms with E-state index in [-0.39, 0.29) is 27.1 Å². The molecule has 1 saturated heterocycles. The van der Waals surface area contributed by atoms with Crippen LogP contribution in [-0.2, 0) is 27.1 Å². The third-order valence-electron chi connectivity index (χ3n) is 13.3. The molecule has 5 heteroatoms. The maximum atomic E-state index is 7.09. The Balaban J connectivity index is 1.21. The average molecular weight is 810 g/mol. The Morgan fingerprint density at radius 1 is 0.443 bits per heavy atom. The molecule has 0 spiro atoms. The molecule has 0 saturated carbocycles. The van der Waals surface area contributed by atoms with E-state index in [4.69, 9.17) is 9.72 Å². The molecule has 9 rings (SSSR count). The highest BCUT2D eigenvalue weighted by Gasteiger charge is 2.78. The monoisotopic (exact) mass is 810 g/mol. The molecule has 2 aromatic heterocycles. The van der Waals surface area contributed by atoms with Crippen molar-refractivity contribution in [2.24, 2.45) is 0 Å². The van der Waals surface area contributed by atoms with Gasteiger partial charge in [0.15, 0.2) is 18.0 Å². The lowest BCUT2D eigenvalue weighted by Gasteiger charge is -2.41. The van der Waals surface area contributed by atoms with Gasteiger partial charge in [0.05, 0.1) is 11.0 Å². The van der Waals surface area contributed by atoms with E-state index in [0.29, 0.717) is 9.18 Å². The van der Waals surface area contributed by atoms with Crippen LogP contribution < -0.4 is 13.9 Å². The summed E-state index contributed by atoms with van der Waals surface area (Å²) in [7, 11) is 0. The van der Waals surface area contributed by atoms with Gasteiger partial charge in [-0.3, -0.25) is 4.57 Å². The fourth-order valence-electron chi connectivity index (χ4n) is 9.34. The van der Waals surface area contributed by atoms with Gasteiger partial charge in [0, 0.05) is 59.4 Å². The first-order valence-electron chi connectivity index (χ1n) is 22.1. The maximum absolute atomic E-state index is 7.09. The average Bonchev–Trinajstić information content (AvgIpc) is 3.67. The van der Waals surface area contributed by atoms with Crippen LogP contribution in [0.5, 0.6) is 11.5 Å². The zero-order chi connectivity index (χ0) is 43.9. The van der Waals surface area contributed by atoms with Crippen LogP contribution in [0, 0.1) is 6.67 Å². The zero-order valence-corrected chi connectivity index (χ0v) is 39.2. The van der Waals surface area contributed by atoms with Crippen molar-refractivity contribution in [2.75, 3.05) is 0 Å². The number of nitrogens with zero attached hydrogens (tertiary/aromatic N) is 4. The summed E-state index contributed by atoms with van der Waals surface area (Å²) in [5.74, 6) is 2.54. The number of aromatic nitrogens is 2. The van der Waals surface area contributed by atoms with Crippen LogP contribution >= 0.6 is 0 Å². The van der Waals surface area contributed by atoms with E-state index in [0.717, 1.165) is 28.4 Å². The molecule has 0 N–H and O–H groups in total. The molecule has 2 aliphatic heterocycles. The molecule has 2 atom stereocenters. The highest BCUT2D eigenvalue weighted by Crippen LogP contribution is 2.76. The van der Waals surface area contributed by atoms with Crippen LogP contribution in [0.15, 0.2) is 115 Å². The van der Waals surface area contributed by atoms with E-state index in [9.17, 15) is 0 Å². The normalized spacial score (nSPS) is 19.1. The van der Waals surface area contributed by atoms with Crippen molar-refractivity contribution in [2.45, 2.75) is 131 Å². The molecule has 314 valence electrons. The predicted octanol–water partition coefficient (Wildman–Crippen LogP) is 15.8. The van der Waals surface area contributed by atoms with Gasteiger partial charge in [-0.25, -0.2) is 4.98 Å². The molecule has 1 fully saturated rings. The molecule has 0 amide bonds. The van der Waals surface area contributed by atoms with Crippen molar-refractivity contribution >= 4 is 44.6 Å². The Labute approximate surface area is 364 Å². The molecule has 0 aliphatic carbocycles. The minimum Gasteiger partial charge on any atom is -0.457 e. The van der Waals surface area contributed by atoms with Crippen molar-refractivity contribution < 1.29 is 4.74 Å². The minimum absolute atomic E-state index is 0.0160.